The van der Waals surface area contributed by atoms with Crippen LogP contribution < -0.4 is 10.2 Å². The molecule has 0 spiro atoms. The van der Waals surface area contributed by atoms with E-state index < -0.39 is 0 Å². The number of nitrogens with zero attached hydrogens (tertiary/aromatic N) is 1. The van der Waals surface area contributed by atoms with Gasteiger partial charge in [-0.25, -0.2) is 4.39 Å². The van der Waals surface area contributed by atoms with E-state index in [1.165, 1.54) is 6.07 Å². The predicted octanol–water partition coefficient (Wildman–Crippen LogP) is 2.91. The molecule has 5 heteroatoms. The normalized spacial score (nSPS) is 14.7. The zero-order chi connectivity index (χ0) is 15.4. The molecule has 1 aliphatic rings. The van der Waals surface area contributed by atoms with Crippen LogP contribution in [0.4, 0.5) is 15.8 Å². The van der Waals surface area contributed by atoms with Crippen LogP contribution >= 0.6 is 0 Å². The summed E-state index contributed by atoms with van der Waals surface area (Å²) in [5.41, 5.74) is 1.53. The van der Waals surface area contributed by atoms with Gasteiger partial charge in [0.2, 0.25) is 0 Å². The molecular weight excluding hydrogens is 283 g/mol. The summed E-state index contributed by atoms with van der Waals surface area (Å²) >= 11 is 0. The zero-order valence-electron chi connectivity index (χ0n) is 12.1. The molecule has 0 atom stereocenters. The molecule has 2 aromatic rings. The first-order valence-corrected chi connectivity index (χ1v) is 7.23. The Morgan fingerprint density at radius 3 is 2.50 bits per heavy atom. The summed E-state index contributed by atoms with van der Waals surface area (Å²) in [6.07, 6.45) is 0. The first-order valence-electron chi connectivity index (χ1n) is 7.23. The Balaban J connectivity index is 1.73. The number of ether oxygens (including phenoxy) is 1. The van der Waals surface area contributed by atoms with Gasteiger partial charge in [0.15, 0.2) is 0 Å². The predicted molar refractivity (Wildman–Crippen MR) is 83.8 cm³/mol. The van der Waals surface area contributed by atoms with Gasteiger partial charge in [-0.2, -0.15) is 0 Å². The zero-order valence-corrected chi connectivity index (χ0v) is 12.1. The Kier molecular flexibility index (Phi) is 4.34. The van der Waals surface area contributed by atoms with Gasteiger partial charge in [0.1, 0.15) is 5.82 Å². The lowest BCUT2D eigenvalue weighted by Crippen LogP contribution is -2.36. The molecule has 3 rings (SSSR count). The monoisotopic (exact) mass is 300 g/mol. The topological polar surface area (TPSA) is 41.6 Å². The van der Waals surface area contributed by atoms with Crippen LogP contribution in [0.3, 0.4) is 0 Å². The van der Waals surface area contributed by atoms with Gasteiger partial charge < -0.3 is 15.0 Å². The van der Waals surface area contributed by atoms with Crippen molar-refractivity contribution >= 4 is 17.3 Å². The highest BCUT2D eigenvalue weighted by atomic mass is 19.1. The molecule has 0 radical (unpaired) electrons. The van der Waals surface area contributed by atoms with Crippen molar-refractivity contribution in [2.45, 2.75) is 0 Å². The van der Waals surface area contributed by atoms with E-state index in [2.05, 4.69) is 5.32 Å². The molecule has 4 nitrogen and oxygen atoms in total. The number of anilines is 2. The molecular formula is C17H17FN2O2. The van der Waals surface area contributed by atoms with E-state index >= 15 is 0 Å². The van der Waals surface area contributed by atoms with E-state index in [0.29, 0.717) is 43.2 Å². The Labute approximate surface area is 128 Å². The van der Waals surface area contributed by atoms with Gasteiger partial charge in [-0.3, -0.25) is 4.79 Å². The molecule has 0 bridgehead atoms. The van der Waals surface area contributed by atoms with Crippen molar-refractivity contribution in [3.63, 3.8) is 0 Å². The molecule has 1 fully saturated rings. The van der Waals surface area contributed by atoms with E-state index in [9.17, 15) is 9.18 Å². The lowest BCUT2D eigenvalue weighted by molar-refractivity contribution is 0.102. The number of rotatable bonds is 3. The minimum absolute atomic E-state index is 0.251. The number of carbonyl (C=O) groups excluding carboxylic acids is 1. The highest BCUT2D eigenvalue weighted by Crippen LogP contribution is 2.24. The highest BCUT2D eigenvalue weighted by molar-refractivity contribution is 6.04. The molecule has 22 heavy (non-hydrogen) atoms. The Hall–Kier alpha value is -2.40. The van der Waals surface area contributed by atoms with Crippen molar-refractivity contribution in [1.29, 1.82) is 0 Å². The molecule has 1 amide bonds. The van der Waals surface area contributed by atoms with E-state index in [1.807, 2.05) is 11.0 Å². The number of morpholine rings is 1. The lowest BCUT2D eigenvalue weighted by atomic mass is 10.2. The third kappa shape index (κ3) is 3.26. The van der Waals surface area contributed by atoms with Crippen LogP contribution in [0.1, 0.15) is 10.4 Å². The summed E-state index contributed by atoms with van der Waals surface area (Å²) in [5, 5.41) is 2.71. The summed E-state index contributed by atoms with van der Waals surface area (Å²) in [6.45, 7) is 2.55. The molecule has 2 aromatic carbocycles. The Morgan fingerprint density at radius 1 is 1.09 bits per heavy atom. The number of hydrogen-bond donors (Lipinski definition) is 1. The maximum Gasteiger partial charge on any atom is 0.255 e. The van der Waals surface area contributed by atoms with Crippen LogP contribution in [0.2, 0.25) is 0 Å². The third-order valence-corrected chi connectivity index (χ3v) is 3.59. The molecule has 1 heterocycles. The second-order valence-corrected chi connectivity index (χ2v) is 5.09. The van der Waals surface area contributed by atoms with Crippen LogP contribution in [0, 0.1) is 5.82 Å². The first-order chi connectivity index (χ1) is 10.7. The average molecular weight is 300 g/mol. The maximum absolute atomic E-state index is 14.3. The number of amides is 1. The number of halogens is 1. The maximum atomic E-state index is 14.3. The van der Waals surface area contributed by atoms with Crippen LogP contribution in [0.25, 0.3) is 0 Å². The summed E-state index contributed by atoms with van der Waals surface area (Å²) in [4.78, 5) is 14.0. The van der Waals surface area contributed by atoms with Crippen molar-refractivity contribution in [2.24, 2.45) is 0 Å². The minimum atomic E-state index is -0.340. The Morgan fingerprint density at radius 2 is 1.82 bits per heavy atom. The Bertz CT molecular complexity index is 655. The molecule has 1 saturated heterocycles. The number of nitrogens with one attached hydrogen (secondary N) is 1. The number of benzene rings is 2. The van der Waals surface area contributed by atoms with Gasteiger partial charge in [0.25, 0.3) is 5.91 Å². The SMILES string of the molecule is O=C(Nc1ccc(N2CCOCC2)c(F)c1)c1ccccc1. The van der Waals surface area contributed by atoms with Gasteiger partial charge in [-0.1, -0.05) is 18.2 Å². The fourth-order valence-electron chi connectivity index (χ4n) is 2.44. The highest BCUT2D eigenvalue weighted by Gasteiger charge is 2.15. The van der Waals surface area contributed by atoms with Crippen LogP contribution in [-0.2, 0) is 4.74 Å². The quantitative estimate of drug-likeness (QED) is 0.947. The van der Waals surface area contributed by atoms with Gasteiger partial charge in [0, 0.05) is 24.3 Å². The average Bonchev–Trinajstić information content (AvgIpc) is 2.56. The number of hydrogen-bond acceptors (Lipinski definition) is 3. The molecule has 0 saturated carbocycles. The summed E-state index contributed by atoms with van der Waals surface area (Å²) < 4.78 is 19.5. The smallest absolute Gasteiger partial charge is 0.255 e. The number of carbonyl (C=O) groups is 1. The van der Waals surface area contributed by atoms with Crippen LogP contribution in [0.5, 0.6) is 0 Å². The van der Waals surface area contributed by atoms with Crippen molar-refractivity contribution in [3.8, 4) is 0 Å². The van der Waals surface area contributed by atoms with Crippen molar-refractivity contribution in [2.75, 3.05) is 36.5 Å². The molecule has 1 N–H and O–H groups in total. The van der Waals surface area contributed by atoms with Gasteiger partial charge in [-0.05, 0) is 30.3 Å². The first kappa shape index (κ1) is 14.5. The van der Waals surface area contributed by atoms with E-state index in [0.717, 1.165) is 0 Å². The molecule has 114 valence electrons. The van der Waals surface area contributed by atoms with Gasteiger partial charge >= 0.3 is 0 Å². The lowest BCUT2D eigenvalue weighted by Gasteiger charge is -2.29. The molecule has 1 aliphatic heterocycles. The minimum Gasteiger partial charge on any atom is -0.378 e. The summed E-state index contributed by atoms with van der Waals surface area (Å²) in [7, 11) is 0. The second-order valence-electron chi connectivity index (χ2n) is 5.09. The molecule has 0 aliphatic carbocycles. The van der Waals surface area contributed by atoms with Crippen LogP contribution in [-0.4, -0.2) is 32.2 Å². The standard InChI is InChI=1S/C17H17FN2O2/c18-15-12-14(19-17(21)13-4-2-1-3-5-13)6-7-16(15)20-8-10-22-11-9-20/h1-7,12H,8-11H2,(H,19,21). The van der Waals surface area contributed by atoms with Crippen molar-refractivity contribution in [3.05, 3.63) is 59.9 Å². The van der Waals surface area contributed by atoms with Gasteiger partial charge in [-0.15, -0.1) is 0 Å². The largest absolute Gasteiger partial charge is 0.378 e. The summed E-state index contributed by atoms with van der Waals surface area (Å²) in [6, 6.07) is 13.6. The van der Waals surface area contributed by atoms with E-state index in [4.69, 9.17) is 4.74 Å². The van der Waals surface area contributed by atoms with Crippen molar-refractivity contribution < 1.29 is 13.9 Å². The molecule has 0 aromatic heterocycles. The summed E-state index contributed by atoms with van der Waals surface area (Å²) in [5.74, 6) is -0.591. The fourth-order valence-corrected chi connectivity index (χ4v) is 2.44. The van der Waals surface area contributed by atoms with Crippen LogP contribution in [0.15, 0.2) is 48.5 Å². The van der Waals surface area contributed by atoms with Gasteiger partial charge in [0.05, 0.1) is 18.9 Å². The molecule has 0 unspecified atom stereocenters. The van der Waals surface area contributed by atoms with E-state index in [1.54, 1.807) is 36.4 Å². The second kappa shape index (κ2) is 6.58. The van der Waals surface area contributed by atoms with Crippen molar-refractivity contribution in [1.82, 2.24) is 0 Å². The third-order valence-electron chi connectivity index (χ3n) is 3.59. The van der Waals surface area contributed by atoms with E-state index in [-0.39, 0.29) is 11.7 Å². The fraction of sp³-hybridized carbons (Fsp3) is 0.235.